The molecule has 1 aromatic carbocycles. The summed E-state index contributed by atoms with van der Waals surface area (Å²) in [5.41, 5.74) is 0. The van der Waals surface area contributed by atoms with Crippen molar-refractivity contribution in [3.8, 4) is 11.8 Å². The second-order valence-corrected chi connectivity index (χ2v) is 3.26. The Hall–Kier alpha value is -1.01. The molecule has 0 saturated carbocycles. The van der Waals surface area contributed by atoms with Gasteiger partial charge in [0.25, 0.3) is 0 Å². The highest BCUT2D eigenvalue weighted by Gasteiger charge is 1.99. The highest BCUT2D eigenvalue weighted by atomic mass is 79.9. The first-order chi connectivity index (χ1) is 5.72. The molecule has 0 aliphatic rings. The van der Waals surface area contributed by atoms with Crippen molar-refractivity contribution in [3.63, 3.8) is 0 Å². The summed E-state index contributed by atoms with van der Waals surface area (Å²) < 4.78 is 6.24. The lowest BCUT2D eigenvalue weighted by atomic mass is 10.3. The molecule has 0 heterocycles. The number of ether oxygens (including phenoxy) is 1. The maximum Gasteiger partial charge on any atom is 0.181 e. The van der Waals surface area contributed by atoms with Gasteiger partial charge in [0.15, 0.2) is 6.10 Å². The van der Waals surface area contributed by atoms with Gasteiger partial charge in [0.2, 0.25) is 0 Å². The molecule has 0 radical (unpaired) electrons. The second-order valence-electron chi connectivity index (χ2n) is 2.34. The zero-order valence-electron chi connectivity index (χ0n) is 6.62. The van der Waals surface area contributed by atoms with E-state index in [1.54, 1.807) is 6.92 Å². The average molecular weight is 226 g/mol. The van der Waals surface area contributed by atoms with Crippen LogP contribution in [0, 0.1) is 11.3 Å². The van der Waals surface area contributed by atoms with E-state index in [0.29, 0.717) is 5.75 Å². The van der Waals surface area contributed by atoms with E-state index in [1.165, 1.54) is 0 Å². The standard InChI is InChI=1S/C9H8BrNO/c1-7(6-11)12-9-4-2-8(10)3-5-9/h2-5,7H,1H3. The summed E-state index contributed by atoms with van der Waals surface area (Å²) in [5.74, 6) is 0.715. The van der Waals surface area contributed by atoms with Crippen LogP contribution in [0.15, 0.2) is 28.7 Å². The number of benzene rings is 1. The van der Waals surface area contributed by atoms with Crippen LogP contribution < -0.4 is 4.74 Å². The van der Waals surface area contributed by atoms with Gasteiger partial charge in [-0.25, -0.2) is 0 Å². The third kappa shape index (κ3) is 2.55. The van der Waals surface area contributed by atoms with Gasteiger partial charge >= 0.3 is 0 Å². The summed E-state index contributed by atoms with van der Waals surface area (Å²) in [6, 6.07) is 9.38. The van der Waals surface area contributed by atoms with Crippen LogP contribution >= 0.6 is 15.9 Å². The minimum absolute atomic E-state index is 0.397. The van der Waals surface area contributed by atoms with Crippen molar-refractivity contribution in [1.82, 2.24) is 0 Å². The van der Waals surface area contributed by atoms with E-state index in [0.717, 1.165) is 4.47 Å². The lowest BCUT2D eigenvalue weighted by molar-refractivity contribution is 0.276. The van der Waals surface area contributed by atoms with E-state index in [9.17, 15) is 0 Å². The van der Waals surface area contributed by atoms with Crippen molar-refractivity contribution < 1.29 is 4.74 Å². The largest absolute Gasteiger partial charge is 0.476 e. The van der Waals surface area contributed by atoms with E-state index >= 15 is 0 Å². The topological polar surface area (TPSA) is 33.0 Å². The Kier molecular flexibility index (Phi) is 3.12. The summed E-state index contributed by atoms with van der Waals surface area (Å²) in [6.45, 7) is 1.71. The summed E-state index contributed by atoms with van der Waals surface area (Å²) in [6.07, 6.45) is -0.397. The fourth-order valence-electron chi connectivity index (χ4n) is 0.744. The van der Waals surface area contributed by atoms with Crippen LogP contribution in [0.4, 0.5) is 0 Å². The number of hydrogen-bond donors (Lipinski definition) is 0. The molecule has 1 rings (SSSR count). The summed E-state index contributed by atoms with van der Waals surface area (Å²) in [7, 11) is 0. The monoisotopic (exact) mass is 225 g/mol. The zero-order chi connectivity index (χ0) is 8.97. The number of halogens is 1. The van der Waals surface area contributed by atoms with Gasteiger partial charge in [0.05, 0.1) is 0 Å². The number of nitriles is 1. The minimum atomic E-state index is -0.397. The van der Waals surface area contributed by atoms with Gasteiger partial charge in [-0.15, -0.1) is 0 Å². The van der Waals surface area contributed by atoms with E-state index in [1.807, 2.05) is 30.3 Å². The van der Waals surface area contributed by atoms with Gasteiger partial charge in [-0.2, -0.15) is 5.26 Å². The van der Waals surface area contributed by atoms with Crippen LogP contribution in [-0.4, -0.2) is 6.10 Å². The normalized spacial score (nSPS) is 11.8. The summed E-state index contributed by atoms with van der Waals surface area (Å²) >= 11 is 3.31. The van der Waals surface area contributed by atoms with Crippen molar-refractivity contribution in [1.29, 1.82) is 5.26 Å². The Labute approximate surface area is 79.9 Å². The molecule has 1 unspecified atom stereocenters. The molecule has 1 atom stereocenters. The van der Waals surface area contributed by atoms with E-state index in [4.69, 9.17) is 10.00 Å². The molecule has 12 heavy (non-hydrogen) atoms. The molecule has 0 saturated heterocycles. The summed E-state index contributed by atoms with van der Waals surface area (Å²) in [4.78, 5) is 0. The molecular formula is C9H8BrNO. The van der Waals surface area contributed by atoms with Crippen LogP contribution in [0.5, 0.6) is 5.75 Å². The molecule has 0 aliphatic carbocycles. The Bertz CT molecular complexity index is 288. The van der Waals surface area contributed by atoms with Crippen molar-refractivity contribution in [2.45, 2.75) is 13.0 Å². The predicted molar refractivity (Wildman–Crippen MR) is 49.8 cm³/mol. The Morgan fingerprint density at radius 2 is 2.00 bits per heavy atom. The lowest BCUT2D eigenvalue weighted by Gasteiger charge is -2.06. The molecule has 0 bridgehead atoms. The predicted octanol–water partition coefficient (Wildman–Crippen LogP) is 2.74. The smallest absolute Gasteiger partial charge is 0.181 e. The molecule has 0 amide bonds. The molecule has 3 heteroatoms. The third-order valence-electron chi connectivity index (χ3n) is 1.31. The van der Waals surface area contributed by atoms with Crippen LogP contribution in [0.3, 0.4) is 0 Å². The van der Waals surface area contributed by atoms with Crippen molar-refractivity contribution in [3.05, 3.63) is 28.7 Å². The second kappa shape index (κ2) is 4.13. The first-order valence-corrected chi connectivity index (χ1v) is 4.33. The van der Waals surface area contributed by atoms with Crippen LogP contribution in [-0.2, 0) is 0 Å². The fraction of sp³-hybridized carbons (Fsp3) is 0.222. The third-order valence-corrected chi connectivity index (χ3v) is 1.84. The van der Waals surface area contributed by atoms with Gasteiger partial charge in [-0.05, 0) is 31.2 Å². The molecule has 0 aliphatic heterocycles. The number of rotatable bonds is 2. The van der Waals surface area contributed by atoms with Crippen molar-refractivity contribution in [2.75, 3.05) is 0 Å². The molecule has 62 valence electrons. The molecule has 0 aromatic heterocycles. The number of nitrogens with zero attached hydrogens (tertiary/aromatic N) is 1. The lowest BCUT2D eigenvalue weighted by Crippen LogP contribution is -2.07. The minimum Gasteiger partial charge on any atom is -0.476 e. The van der Waals surface area contributed by atoms with Crippen LogP contribution in [0.1, 0.15) is 6.92 Å². The van der Waals surface area contributed by atoms with Crippen molar-refractivity contribution >= 4 is 15.9 Å². The highest BCUT2D eigenvalue weighted by molar-refractivity contribution is 9.10. The van der Waals surface area contributed by atoms with Gasteiger partial charge in [0, 0.05) is 4.47 Å². The SMILES string of the molecule is CC(C#N)Oc1ccc(Br)cc1. The van der Waals surface area contributed by atoms with E-state index in [2.05, 4.69) is 15.9 Å². The van der Waals surface area contributed by atoms with Gasteiger partial charge in [-0.1, -0.05) is 15.9 Å². The molecule has 0 spiro atoms. The van der Waals surface area contributed by atoms with Gasteiger partial charge < -0.3 is 4.74 Å². The maximum absolute atomic E-state index is 8.47. The van der Waals surface area contributed by atoms with Gasteiger partial charge in [-0.3, -0.25) is 0 Å². The van der Waals surface area contributed by atoms with Crippen LogP contribution in [0.25, 0.3) is 0 Å². The molecule has 1 aromatic rings. The van der Waals surface area contributed by atoms with Gasteiger partial charge in [0.1, 0.15) is 11.8 Å². The van der Waals surface area contributed by atoms with Crippen LogP contribution in [0.2, 0.25) is 0 Å². The molecule has 0 N–H and O–H groups in total. The molecule has 2 nitrogen and oxygen atoms in total. The summed E-state index contributed by atoms with van der Waals surface area (Å²) in [5, 5.41) is 8.47. The first-order valence-electron chi connectivity index (χ1n) is 3.54. The van der Waals surface area contributed by atoms with Crippen molar-refractivity contribution in [2.24, 2.45) is 0 Å². The maximum atomic E-state index is 8.47. The Morgan fingerprint density at radius 1 is 1.42 bits per heavy atom. The molecule has 0 fully saturated rings. The Morgan fingerprint density at radius 3 is 2.50 bits per heavy atom. The van der Waals surface area contributed by atoms with E-state index < -0.39 is 6.10 Å². The number of hydrogen-bond acceptors (Lipinski definition) is 2. The average Bonchev–Trinajstić information content (AvgIpc) is 2.09. The fourth-order valence-corrected chi connectivity index (χ4v) is 1.01. The molecular weight excluding hydrogens is 218 g/mol. The highest BCUT2D eigenvalue weighted by Crippen LogP contribution is 2.16. The zero-order valence-corrected chi connectivity index (χ0v) is 8.21. The Balaban J connectivity index is 2.66. The van der Waals surface area contributed by atoms with E-state index in [-0.39, 0.29) is 0 Å². The quantitative estimate of drug-likeness (QED) is 0.776. The first kappa shape index (κ1) is 9.08.